The van der Waals surface area contributed by atoms with Gasteiger partial charge < -0.3 is 9.84 Å². The van der Waals surface area contributed by atoms with Crippen molar-refractivity contribution in [3.8, 4) is 0 Å². The van der Waals surface area contributed by atoms with Crippen LogP contribution in [0.1, 0.15) is 21.6 Å². The third kappa shape index (κ3) is 1.76. The highest BCUT2D eigenvalue weighted by Crippen LogP contribution is 2.30. The molecule has 0 bridgehead atoms. The first-order chi connectivity index (χ1) is 9.09. The van der Waals surface area contributed by atoms with Gasteiger partial charge in [0.05, 0.1) is 24.2 Å². The molecule has 0 saturated carbocycles. The normalized spacial score (nSPS) is 14.4. The second kappa shape index (κ2) is 4.24. The van der Waals surface area contributed by atoms with Gasteiger partial charge in [0, 0.05) is 17.7 Å². The van der Waals surface area contributed by atoms with E-state index in [2.05, 4.69) is 4.98 Å². The number of rotatable bonds is 1. The van der Waals surface area contributed by atoms with Crippen molar-refractivity contribution in [1.82, 2.24) is 4.98 Å². The molecule has 0 fully saturated rings. The van der Waals surface area contributed by atoms with Crippen molar-refractivity contribution in [3.63, 3.8) is 0 Å². The predicted molar refractivity (Wildman–Crippen MR) is 62.0 cm³/mol. The second-order valence-electron chi connectivity index (χ2n) is 4.27. The minimum atomic E-state index is -1.31. The van der Waals surface area contributed by atoms with Crippen molar-refractivity contribution < 1.29 is 23.4 Å². The number of nitrogens with zero attached hydrogens (tertiary/aromatic N) is 1. The molecule has 98 valence electrons. The van der Waals surface area contributed by atoms with Crippen LogP contribution in [0, 0.1) is 11.6 Å². The van der Waals surface area contributed by atoms with E-state index in [4.69, 9.17) is 4.74 Å². The molecular formula is C13H9F2NO3. The molecule has 1 aliphatic heterocycles. The minimum absolute atomic E-state index is 0.0514. The van der Waals surface area contributed by atoms with Gasteiger partial charge in [0.1, 0.15) is 17.2 Å². The molecule has 1 N–H and O–H groups in total. The number of pyridine rings is 1. The van der Waals surface area contributed by atoms with Crippen LogP contribution in [0.2, 0.25) is 0 Å². The number of aromatic carboxylic acids is 1. The van der Waals surface area contributed by atoms with Crippen LogP contribution in [0.5, 0.6) is 0 Å². The van der Waals surface area contributed by atoms with Crippen LogP contribution in [0.4, 0.5) is 8.78 Å². The van der Waals surface area contributed by atoms with Crippen LogP contribution in [0.15, 0.2) is 12.1 Å². The quantitative estimate of drug-likeness (QED) is 0.859. The Labute approximate surface area is 106 Å². The van der Waals surface area contributed by atoms with E-state index in [9.17, 15) is 18.7 Å². The summed E-state index contributed by atoms with van der Waals surface area (Å²) in [7, 11) is 0. The molecule has 6 heteroatoms. The van der Waals surface area contributed by atoms with Crippen molar-refractivity contribution >= 4 is 16.9 Å². The molecule has 19 heavy (non-hydrogen) atoms. The molecule has 0 radical (unpaired) electrons. The summed E-state index contributed by atoms with van der Waals surface area (Å²) in [5.41, 5.74) is 0.297. The van der Waals surface area contributed by atoms with Gasteiger partial charge >= 0.3 is 5.97 Å². The summed E-state index contributed by atoms with van der Waals surface area (Å²) >= 11 is 0. The number of hydrogen-bond acceptors (Lipinski definition) is 3. The van der Waals surface area contributed by atoms with E-state index in [1.165, 1.54) is 0 Å². The van der Waals surface area contributed by atoms with E-state index < -0.39 is 17.6 Å². The maximum Gasteiger partial charge on any atom is 0.336 e. The zero-order chi connectivity index (χ0) is 13.6. The molecule has 0 spiro atoms. The zero-order valence-electron chi connectivity index (χ0n) is 9.74. The number of ether oxygens (including phenoxy) is 1. The Morgan fingerprint density at radius 3 is 2.79 bits per heavy atom. The van der Waals surface area contributed by atoms with Crippen LogP contribution >= 0.6 is 0 Å². The van der Waals surface area contributed by atoms with Gasteiger partial charge in [-0.2, -0.15) is 0 Å². The topological polar surface area (TPSA) is 59.4 Å². The minimum Gasteiger partial charge on any atom is -0.478 e. The van der Waals surface area contributed by atoms with Gasteiger partial charge in [-0.05, 0) is 12.1 Å². The van der Waals surface area contributed by atoms with E-state index in [0.29, 0.717) is 24.3 Å². The standard InChI is InChI=1S/C13H9F2NO3/c14-7-1-2-8(15)12-11(7)10(13(17)18)6-5-19-4-3-9(6)16-12/h1-2H,3-5H2,(H,17,18). The fourth-order valence-electron chi connectivity index (χ4n) is 2.33. The Hall–Kier alpha value is -2.08. The first kappa shape index (κ1) is 12.0. The number of halogens is 2. The molecule has 1 aromatic heterocycles. The molecule has 2 aromatic rings. The van der Waals surface area contributed by atoms with Gasteiger partial charge in [-0.3, -0.25) is 0 Å². The lowest BCUT2D eigenvalue weighted by Crippen LogP contribution is -2.18. The summed E-state index contributed by atoms with van der Waals surface area (Å²) < 4.78 is 32.8. The third-order valence-electron chi connectivity index (χ3n) is 3.17. The van der Waals surface area contributed by atoms with Crippen LogP contribution in [-0.2, 0) is 17.8 Å². The average molecular weight is 265 g/mol. The monoisotopic (exact) mass is 265 g/mol. The first-order valence-electron chi connectivity index (χ1n) is 5.70. The van der Waals surface area contributed by atoms with Crippen molar-refractivity contribution in [2.75, 3.05) is 6.61 Å². The van der Waals surface area contributed by atoms with E-state index in [-0.39, 0.29) is 23.1 Å². The Bertz CT molecular complexity index is 700. The molecule has 3 rings (SSSR count). The van der Waals surface area contributed by atoms with Crippen molar-refractivity contribution in [2.45, 2.75) is 13.0 Å². The van der Waals surface area contributed by atoms with E-state index in [0.717, 1.165) is 12.1 Å². The van der Waals surface area contributed by atoms with Crippen molar-refractivity contribution in [3.05, 3.63) is 40.6 Å². The maximum atomic E-state index is 13.8. The number of aromatic nitrogens is 1. The van der Waals surface area contributed by atoms with Gasteiger partial charge in [0.15, 0.2) is 0 Å². The number of carbonyl (C=O) groups is 1. The van der Waals surface area contributed by atoms with Gasteiger partial charge in [-0.25, -0.2) is 18.6 Å². The van der Waals surface area contributed by atoms with E-state index >= 15 is 0 Å². The summed E-state index contributed by atoms with van der Waals surface area (Å²) in [5, 5.41) is 8.99. The summed E-state index contributed by atoms with van der Waals surface area (Å²) in [4.78, 5) is 15.4. The largest absolute Gasteiger partial charge is 0.478 e. The summed E-state index contributed by atoms with van der Waals surface area (Å²) in [6.45, 7) is 0.442. The van der Waals surface area contributed by atoms with Gasteiger partial charge in [0.25, 0.3) is 0 Å². The lowest BCUT2D eigenvalue weighted by molar-refractivity contribution is 0.0683. The fraction of sp³-hybridized carbons (Fsp3) is 0.231. The number of fused-ring (bicyclic) bond motifs is 2. The number of benzene rings is 1. The highest BCUT2D eigenvalue weighted by Gasteiger charge is 2.25. The third-order valence-corrected chi connectivity index (χ3v) is 3.17. The molecule has 2 heterocycles. The predicted octanol–water partition coefficient (Wildman–Crippen LogP) is 2.28. The van der Waals surface area contributed by atoms with E-state index in [1.54, 1.807) is 0 Å². The SMILES string of the molecule is O=C(O)c1c2c(nc3c(F)ccc(F)c13)CCOC2. The molecule has 4 nitrogen and oxygen atoms in total. The Kier molecular flexibility index (Phi) is 2.67. The Balaban J connectivity index is 2.50. The van der Waals surface area contributed by atoms with Crippen molar-refractivity contribution in [2.24, 2.45) is 0 Å². The molecule has 0 saturated heterocycles. The smallest absolute Gasteiger partial charge is 0.336 e. The average Bonchev–Trinajstić information content (AvgIpc) is 2.40. The zero-order valence-corrected chi connectivity index (χ0v) is 9.74. The van der Waals surface area contributed by atoms with Gasteiger partial charge in [-0.15, -0.1) is 0 Å². The number of hydrogen-bond donors (Lipinski definition) is 1. The number of carboxylic acid groups (broad SMARTS) is 1. The van der Waals surface area contributed by atoms with E-state index in [1.807, 2.05) is 0 Å². The molecular weight excluding hydrogens is 256 g/mol. The van der Waals surface area contributed by atoms with Gasteiger partial charge in [-0.1, -0.05) is 0 Å². The van der Waals surface area contributed by atoms with Crippen LogP contribution < -0.4 is 0 Å². The van der Waals surface area contributed by atoms with Crippen molar-refractivity contribution in [1.29, 1.82) is 0 Å². The van der Waals surface area contributed by atoms with Crippen LogP contribution in [-0.4, -0.2) is 22.7 Å². The molecule has 0 amide bonds. The Morgan fingerprint density at radius 1 is 1.32 bits per heavy atom. The summed E-state index contributed by atoms with van der Waals surface area (Å²) in [6, 6.07) is 1.85. The highest BCUT2D eigenvalue weighted by atomic mass is 19.1. The van der Waals surface area contributed by atoms with Gasteiger partial charge in [0.2, 0.25) is 0 Å². The Morgan fingerprint density at radius 2 is 2.05 bits per heavy atom. The molecule has 0 aliphatic carbocycles. The van der Waals surface area contributed by atoms with Crippen LogP contribution in [0.3, 0.4) is 0 Å². The maximum absolute atomic E-state index is 13.8. The summed E-state index contributed by atoms with van der Waals surface area (Å²) in [6.07, 6.45) is 0.390. The lowest BCUT2D eigenvalue weighted by atomic mass is 9.98. The first-order valence-corrected chi connectivity index (χ1v) is 5.70. The highest BCUT2D eigenvalue weighted by molar-refractivity contribution is 6.04. The molecule has 0 atom stereocenters. The number of carboxylic acids is 1. The fourth-order valence-corrected chi connectivity index (χ4v) is 2.33. The lowest BCUT2D eigenvalue weighted by Gasteiger charge is -2.19. The molecule has 0 unspecified atom stereocenters. The second-order valence-corrected chi connectivity index (χ2v) is 4.27. The molecule has 1 aromatic carbocycles. The van der Waals surface area contributed by atoms with Crippen LogP contribution in [0.25, 0.3) is 10.9 Å². The summed E-state index contributed by atoms with van der Waals surface area (Å²) in [5.74, 6) is -2.83. The molecule has 1 aliphatic rings.